The predicted octanol–water partition coefficient (Wildman–Crippen LogP) is 1.67. The molecule has 0 saturated heterocycles. The third-order valence-electron chi connectivity index (χ3n) is 1.73. The van der Waals surface area contributed by atoms with E-state index in [-0.39, 0.29) is 0 Å². The summed E-state index contributed by atoms with van der Waals surface area (Å²) in [6, 6.07) is 5.95. The van der Waals surface area contributed by atoms with Gasteiger partial charge < -0.3 is 10.5 Å². The van der Waals surface area contributed by atoms with Crippen LogP contribution in [0, 0.1) is 0 Å². The molecule has 0 fully saturated rings. The largest absolute Gasteiger partial charge is 0.385 e. The van der Waals surface area contributed by atoms with E-state index >= 15 is 0 Å². The average molecular weight is 212 g/mol. The van der Waals surface area contributed by atoms with Crippen molar-refractivity contribution in [3.63, 3.8) is 0 Å². The number of nitrogens with zero attached hydrogens (tertiary/aromatic N) is 1. The van der Waals surface area contributed by atoms with Gasteiger partial charge in [0, 0.05) is 26.0 Å². The van der Waals surface area contributed by atoms with Crippen molar-refractivity contribution in [1.82, 2.24) is 4.98 Å². The number of hydrogen-bond donors (Lipinski definition) is 1. The Bertz CT molecular complexity index is 268. The molecule has 14 heavy (non-hydrogen) atoms. The Balaban J connectivity index is 2.34. The molecule has 3 nitrogen and oxygen atoms in total. The van der Waals surface area contributed by atoms with Gasteiger partial charge in [-0.15, -0.1) is 11.8 Å². The van der Waals surface area contributed by atoms with Crippen LogP contribution in [0.3, 0.4) is 0 Å². The molecular weight excluding hydrogens is 196 g/mol. The lowest BCUT2D eigenvalue weighted by atomic mass is 10.4. The van der Waals surface area contributed by atoms with E-state index in [0.717, 1.165) is 29.5 Å². The molecule has 1 aromatic rings. The maximum Gasteiger partial charge on any atom is 0.0963 e. The molecule has 2 N–H and O–H groups in total. The number of hydrogen-bond acceptors (Lipinski definition) is 4. The molecule has 0 atom stereocenters. The molecule has 0 bridgehead atoms. The van der Waals surface area contributed by atoms with E-state index in [1.165, 1.54) is 0 Å². The van der Waals surface area contributed by atoms with Crippen molar-refractivity contribution in [2.45, 2.75) is 18.0 Å². The number of pyridine rings is 1. The van der Waals surface area contributed by atoms with E-state index in [1.54, 1.807) is 18.9 Å². The van der Waals surface area contributed by atoms with Gasteiger partial charge in [-0.05, 0) is 18.6 Å². The summed E-state index contributed by atoms with van der Waals surface area (Å²) in [4.78, 5) is 4.39. The summed E-state index contributed by atoms with van der Waals surface area (Å²) in [6.45, 7) is 1.32. The molecule has 0 unspecified atom stereocenters. The van der Waals surface area contributed by atoms with Crippen LogP contribution < -0.4 is 5.73 Å². The van der Waals surface area contributed by atoms with Crippen molar-refractivity contribution in [2.24, 2.45) is 5.73 Å². The number of methoxy groups -OCH3 is 1. The summed E-state index contributed by atoms with van der Waals surface area (Å²) in [5.41, 5.74) is 6.45. The van der Waals surface area contributed by atoms with Crippen molar-refractivity contribution >= 4 is 11.8 Å². The minimum absolute atomic E-state index is 0.506. The Morgan fingerprint density at radius 2 is 2.36 bits per heavy atom. The van der Waals surface area contributed by atoms with Crippen LogP contribution in [-0.4, -0.2) is 24.5 Å². The second-order valence-electron chi connectivity index (χ2n) is 2.87. The minimum Gasteiger partial charge on any atom is -0.385 e. The number of rotatable bonds is 6. The molecule has 0 aliphatic rings. The Labute approximate surface area is 89.1 Å². The predicted molar refractivity (Wildman–Crippen MR) is 59.3 cm³/mol. The van der Waals surface area contributed by atoms with Crippen LogP contribution in [0.15, 0.2) is 23.2 Å². The normalized spacial score (nSPS) is 10.4. The van der Waals surface area contributed by atoms with Crippen LogP contribution in [0.5, 0.6) is 0 Å². The lowest BCUT2D eigenvalue weighted by molar-refractivity contribution is 0.200. The molecule has 0 aliphatic carbocycles. The van der Waals surface area contributed by atoms with Crippen LogP contribution in [0.4, 0.5) is 0 Å². The van der Waals surface area contributed by atoms with Crippen molar-refractivity contribution in [2.75, 3.05) is 19.5 Å². The fourth-order valence-electron chi connectivity index (χ4n) is 1.03. The van der Waals surface area contributed by atoms with Gasteiger partial charge in [-0.25, -0.2) is 4.98 Å². The first-order valence-electron chi connectivity index (χ1n) is 4.64. The molecule has 1 aromatic heterocycles. The zero-order valence-electron chi connectivity index (χ0n) is 8.40. The van der Waals surface area contributed by atoms with E-state index in [2.05, 4.69) is 4.98 Å². The second-order valence-corrected chi connectivity index (χ2v) is 3.98. The number of ether oxygens (including phenoxy) is 1. The van der Waals surface area contributed by atoms with Crippen LogP contribution >= 0.6 is 11.8 Å². The van der Waals surface area contributed by atoms with E-state index < -0.39 is 0 Å². The van der Waals surface area contributed by atoms with Crippen molar-refractivity contribution in [3.8, 4) is 0 Å². The first-order valence-corrected chi connectivity index (χ1v) is 5.63. The molecule has 0 amide bonds. The zero-order chi connectivity index (χ0) is 10.2. The van der Waals surface area contributed by atoms with Crippen LogP contribution in [-0.2, 0) is 11.3 Å². The standard InChI is InChI=1S/C10H16N2OS/c1-13-6-3-7-14-10-5-2-4-9(8-11)12-10/h2,4-5H,3,6-8,11H2,1H3. The highest BCUT2D eigenvalue weighted by Crippen LogP contribution is 2.16. The molecule has 0 saturated carbocycles. The molecular formula is C10H16N2OS. The van der Waals surface area contributed by atoms with E-state index in [9.17, 15) is 0 Å². The molecule has 78 valence electrons. The van der Waals surface area contributed by atoms with Crippen molar-refractivity contribution < 1.29 is 4.74 Å². The van der Waals surface area contributed by atoms with E-state index in [0.29, 0.717) is 6.54 Å². The number of aromatic nitrogens is 1. The van der Waals surface area contributed by atoms with Crippen molar-refractivity contribution in [3.05, 3.63) is 23.9 Å². The molecule has 1 rings (SSSR count). The van der Waals surface area contributed by atoms with Crippen LogP contribution in [0.2, 0.25) is 0 Å². The monoisotopic (exact) mass is 212 g/mol. The van der Waals surface area contributed by atoms with Gasteiger partial charge in [0.05, 0.1) is 10.7 Å². The molecule has 1 heterocycles. The number of thioether (sulfide) groups is 1. The van der Waals surface area contributed by atoms with Gasteiger partial charge >= 0.3 is 0 Å². The highest BCUT2D eigenvalue weighted by molar-refractivity contribution is 7.99. The van der Waals surface area contributed by atoms with Crippen LogP contribution in [0.25, 0.3) is 0 Å². The average Bonchev–Trinajstić information content (AvgIpc) is 2.25. The van der Waals surface area contributed by atoms with Gasteiger partial charge in [0.1, 0.15) is 0 Å². The summed E-state index contributed by atoms with van der Waals surface area (Å²) in [5, 5.41) is 1.05. The maximum absolute atomic E-state index is 5.50. The first-order chi connectivity index (χ1) is 6.86. The Kier molecular flexibility index (Phi) is 5.59. The quantitative estimate of drug-likeness (QED) is 0.575. The maximum atomic E-state index is 5.50. The highest BCUT2D eigenvalue weighted by atomic mass is 32.2. The molecule has 0 aromatic carbocycles. The summed E-state index contributed by atoms with van der Waals surface area (Å²) in [7, 11) is 1.72. The first kappa shape index (κ1) is 11.5. The summed E-state index contributed by atoms with van der Waals surface area (Å²) < 4.78 is 4.97. The summed E-state index contributed by atoms with van der Waals surface area (Å²) in [6.07, 6.45) is 1.05. The Morgan fingerprint density at radius 3 is 3.07 bits per heavy atom. The summed E-state index contributed by atoms with van der Waals surface area (Å²) >= 11 is 1.74. The van der Waals surface area contributed by atoms with Gasteiger partial charge in [-0.3, -0.25) is 0 Å². The lowest BCUT2D eigenvalue weighted by Gasteiger charge is -2.02. The van der Waals surface area contributed by atoms with Gasteiger partial charge in [-0.2, -0.15) is 0 Å². The molecule has 0 aliphatic heterocycles. The third kappa shape index (κ3) is 4.09. The van der Waals surface area contributed by atoms with Crippen LogP contribution in [0.1, 0.15) is 12.1 Å². The smallest absolute Gasteiger partial charge is 0.0963 e. The fourth-order valence-corrected chi connectivity index (χ4v) is 1.86. The lowest BCUT2D eigenvalue weighted by Crippen LogP contribution is -1.99. The van der Waals surface area contributed by atoms with Crippen molar-refractivity contribution in [1.29, 1.82) is 0 Å². The van der Waals surface area contributed by atoms with Gasteiger partial charge in [-0.1, -0.05) is 6.07 Å². The molecule has 4 heteroatoms. The fraction of sp³-hybridized carbons (Fsp3) is 0.500. The summed E-state index contributed by atoms with van der Waals surface area (Å²) in [5.74, 6) is 1.04. The highest BCUT2D eigenvalue weighted by Gasteiger charge is 1.96. The van der Waals surface area contributed by atoms with E-state index in [1.807, 2.05) is 18.2 Å². The van der Waals surface area contributed by atoms with Gasteiger partial charge in [0.2, 0.25) is 0 Å². The second kappa shape index (κ2) is 6.81. The Hall–Kier alpha value is -0.580. The zero-order valence-corrected chi connectivity index (χ0v) is 9.22. The number of nitrogens with two attached hydrogens (primary N) is 1. The van der Waals surface area contributed by atoms with E-state index in [4.69, 9.17) is 10.5 Å². The van der Waals surface area contributed by atoms with Gasteiger partial charge in [0.25, 0.3) is 0 Å². The van der Waals surface area contributed by atoms with Gasteiger partial charge in [0.15, 0.2) is 0 Å². The third-order valence-corrected chi connectivity index (χ3v) is 2.75. The SMILES string of the molecule is COCCCSc1cccc(CN)n1. The topological polar surface area (TPSA) is 48.1 Å². The molecule has 0 spiro atoms. The molecule has 0 radical (unpaired) electrons. The minimum atomic E-state index is 0.506. The Morgan fingerprint density at radius 1 is 1.50 bits per heavy atom.